The molecule has 0 aromatic heterocycles. The number of unbranched alkanes of at least 4 members (excludes halogenated alkanes) is 2. The highest BCUT2D eigenvalue weighted by Crippen LogP contribution is 2.18. The van der Waals surface area contributed by atoms with Crippen LogP contribution in [-0.4, -0.2) is 25.0 Å². The Morgan fingerprint density at radius 2 is 1.77 bits per heavy atom. The number of amides is 2. The van der Waals surface area contributed by atoms with Crippen molar-refractivity contribution < 1.29 is 14.3 Å². The van der Waals surface area contributed by atoms with Gasteiger partial charge in [0.25, 0.3) is 11.8 Å². The third-order valence-electron chi connectivity index (χ3n) is 3.68. The lowest BCUT2D eigenvalue weighted by atomic mass is 10.2. The Morgan fingerprint density at radius 1 is 1.04 bits per heavy atom. The smallest absolute Gasteiger partial charge is 0.262 e. The van der Waals surface area contributed by atoms with E-state index < -0.39 is 0 Å². The Hall–Kier alpha value is -2.34. The molecule has 2 aromatic rings. The van der Waals surface area contributed by atoms with Crippen LogP contribution < -0.4 is 15.4 Å². The van der Waals surface area contributed by atoms with Crippen molar-refractivity contribution in [2.45, 2.75) is 26.2 Å². The highest BCUT2D eigenvalue weighted by atomic mass is 79.9. The minimum Gasteiger partial charge on any atom is -0.483 e. The summed E-state index contributed by atoms with van der Waals surface area (Å²) in [5.41, 5.74) is 1.11. The average Bonchev–Trinajstić information content (AvgIpc) is 2.65. The average molecular weight is 419 g/mol. The number of para-hydroxylation sites is 1. The lowest BCUT2D eigenvalue weighted by Gasteiger charge is -2.12. The Labute approximate surface area is 162 Å². The summed E-state index contributed by atoms with van der Waals surface area (Å²) in [6, 6.07) is 14.2. The van der Waals surface area contributed by atoms with Gasteiger partial charge in [0.15, 0.2) is 6.61 Å². The fraction of sp³-hybridized carbons (Fsp3) is 0.300. The van der Waals surface area contributed by atoms with Gasteiger partial charge in [0.05, 0.1) is 5.56 Å². The molecule has 0 saturated heterocycles. The van der Waals surface area contributed by atoms with Gasteiger partial charge in [0.2, 0.25) is 0 Å². The second-order valence-electron chi connectivity index (χ2n) is 5.80. The van der Waals surface area contributed by atoms with Crippen LogP contribution >= 0.6 is 15.9 Å². The first-order chi connectivity index (χ1) is 12.6. The maximum Gasteiger partial charge on any atom is 0.262 e. The van der Waals surface area contributed by atoms with Gasteiger partial charge >= 0.3 is 0 Å². The normalized spacial score (nSPS) is 10.2. The first kappa shape index (κ1) is 20.0. The molecule has 0 aliphatic carbocycles. The molecule has 0 aliphatic rings. The highest BCUT2D eigenvalue weighted by Gasteiger charge is 2.13. The van der Waals surface area contributed by atoms with Crippen molar-refractivity contribution >= 4 is 33.4 Å². The summed E-state index contributed by atoms with van der Waals surface area (Å²) in [6.45, 7) is 2.57. The lowest BCUT2D eigenvalue weighted by molar-refractivity contribution is -0.118. The van der Waals surface area contributed by atoms with Crippen LogP contribution in [0.3, 0.4) is 0 Å². The first-order valence-electron chi connectivity index (χ1n) is 8.65. The van der Waals surface area contributed by atoms with Crippen molar-refractivity contribution in [1.82, 2.24) is 5.32 Å². The third kappa shape index (κ3) is 6.52. The molecular formula is C20H23BrN2O3. The van der Waals surface area contributed by atoms with E-state index in [1.165, 1.54) is 0 Å². The van der Waals surface area contributed by atoms with Crippen molar-refractivity contribution in [2.24, 2.45) is 0 Å². The van der Waals surface area contributed by atoms with Crippen LogP contribution in [0.1, 0.15) is 36.5 Å². The Bertz CT molecular complexity index is 732. The van der Waals surface area contributed by atoms with Crippen molar-refractivity contribution in [3.05, 3.63) is 58.6 Å². The van der Waals surface area contributed by atoms with Gasteiger partial charge in [0.1, 0.15) is 5.75 Å². The molecule has 2 rings (SSSR count). The highest BCUT2D eigenvalue weighted by molar-refractivity contribution is 9.10. The van der Waals surface area contributed by atoms with Crippen molar-refractivity contribution in [3.63, 3.8) is 0 Å². The molecule has 2 amide bonds. The van der Waals surface area contributed by atoms with Gasteiger partial charge in [-0.1, -0.05) is 47.8 Å². The van der Waals surface area contributed by atoms with E-state index in [1.54, 1.807) is 36.4 Å². The monoisotopic (exact) mass is 418 g/mol. The number of hydrogen-bond acceptors (Lipinski definition) is 3. The number of carbonyl (C=O) groups excluding carboxylic acids is 2. The molecule has 0 atom stereocenters. The molecule has 0 spiro atoms. The fourth-order valence-electron chi connectivity index (χ4n) is 2.33. The summed E-state index contributed by atoms with van der Waals surface area (Å²) < 4.78 is 6.50. The molecule has 0 saturated carbocycles. The fourth-order valence-corrected chi connectivity index (χ4v) is 2.59. The largest absolute Gasteiger partial charge is 0.483 e. The number of anilines is 1. The van der Waals surface area contributed by atoms with Crippen LogP contribution in [0, 0.1) is 0 Å². The maximum atomic E-state index is 12.3. The second-order valence-corrected chi connectivity index (χ2v) is 6.72. The van der Waals surface area contributed by atoms with E-state index in [9.17, 15) is 9.59 Å². The van der Waals surface area contributed by atoms with Gasteiger partial charge < -0.3 is 15.4 Å². The summed E-state index contributed by atoms with van der Waals surface area (Å²) in [7, 11) is 0. The predicted octanol–water partition coefficient (Wildman–Crippen LogP) is 4.39. The molecule has 0 bridgehead atoms. The molecule has 2 N–H and O–H groups in total. The molecule has 2 aromatic carbocycles. The molecule has 5 nitrogen and oxygen atoms in total. The van der Waals surface area contributed by atoms with E-state index in [2.05, 4.69) is 33.5 Å². The Kier molecular flexibility index (Phi) is 8.15. The molecule has 0 heterocycles. The van der Waals surface area contributed by atoms with Gasteiger partial charge in [-0.3, -0.25) is 9.59 Å². The summed E-state index contributed by atoms with van der Waals surface area (Å²) in [5.74, 6) is -0.0815. The van der Waals surface area contributed by atoms with Crippen LogP contribution in [0.4, 0.5) is 5.69 Å². The van der Waals surface area contributed by atoms with Gasteiger partial charge in [-0.05, 0) is 42.8 Å². The number of ether oxygens (including phenoxy) is 1. The molecule has 138 valence electrons. The minimum atomic E-state index is -0.287. The Morgan fingerprint density at radius 3 is 2.50 bits per heavy atom. The summed E-state index contributed by atoms with van der Waals surface area (Å²) >= 11 is 3.35. The quantitative estimate of drug-likeness (QED) is 0.593. The predicted molar refractivity (Wildman–Crippen MR) is 107 cm³/mol. The number of benzene rings is 2. The molecule has 0 fully saturated rings. The zero-order valence-corrected chi connectivity index (χ0v) is 16.3. The van der Waals surface area contributed by atoms with Crippen LogP contribution in [0.25, 0.3) is 0 Å². The molecule has 26 heavy (non-hydrogen) atoms. The number of halogens is 1. The SMILES string of the molecule is CCCCCNC(=O)c1ccccc1OCC(=O)Nc1ccc(Br)cc1. The second kappa shape index (κ2) is 10.6. The summed E-state index contributed by atoms with van der Waals surface area (Å²) in [4.78, 5) is 24.3. The van der Waals surface area contributed by atoms with Crippen molar-refractivity contribution in [2.75, 3.05) is 18.5 Å². The van der Waals surface area contributed by atoms with E-state index in [0.717, 1.165) is 23.7 Å². The van der Waals surface area contributed by atoms with Crippen LogP contribution in [-0.2, 0) is 4.79 Å². The lowest BCUT2D eigenvalue weighted by Crippen LogP contribution is -2.26. The summed E-state index contributed by atoms with van der Waals surface area (Å²) in [5, 5.41) is 5.63. The van der Waals surface area contributed by atoms with Crippen LogP contribution in [0.2, 0.25) is 0 Å². The zero-order valence-electron chi connectivity index (χ0n) is 14.8. The number of rotatable bonds is 9. The topological polar surface area (TPSA) is 67.4 Å². The van der Waals surface area contributed by atoms with E-state index in [-0.39, 0.29) is 18.4 Å². The third-order valence-corrected chi connectivity index (χ3v) is 4.21. The first-order valence-corrected chi connectivity index (χ1v) is 9.45. The van der Waals surface area contributed by atoms with E-state index in [0.29, 0.717) is 23.5 Å². The van der Waals surface area contributed by atoms with E-state index in [1.807, 2.05) is 12.1 Å². The van der Waals surface area contributed by atoms with E-state index in [4.69, 9.17) is 4.74 Å². The minimum absolute atomic E-state index is 0.170. The van der Waals surface area contributed by atoms with Gasteiger partial charge in [-0.15, -0.1) is 0 Å². The van der Waals surface area contributed by atoms with E-state index >= 15 is 0 Å². The molecular weight excluding hydrogens is 396 g/mol. The molecule has 0 radical (unpaired) electrons. The van der Waals surface area contributed by atoms with Gasteiger partial charge in [-0.2, -0.15) is 0 Å². The number of carbonyl (C=O) groups is 2. The number of nitrogens with one attached hydrogen (secondary N) is 2. The summed E-state index contributed by atoms with van der Waals surface area (Å²) in [6.07, 6.45) is 3.12. The van der Waals surface area contributed by atoms with Crippen molar-refractivity contribution in [3.8, 4) is 5.75 Å². The van der Waals surface area contributed by atoms with Gasteiger partial charge in [-0.25, -0.2) is 0 Å². The molecule has 0 aliphatic heterocycles. The zero-order chi connectivity index (χ0) is 18.8. The molecule has 6 heteroatoms. The molecule has 0 unspecified atom stereocenters. The maximum absolute atomic E-state index is 12.3. The van der Waals surface area contributed by atoms with Crippen molar-refractivity contribution in [1.29, 1.82) is 0 Å². The number of hydrogen-bond donors (Lipinski definition) is 2. The van der Waals surface area contributed by atoms with Gasteiger partial charge in [0, 0.05) is 16.7 Å². The Balaban J connectivity index is 1.89. The van der Waals surface area contributed by atoms with Crippen LogP contribution in [0.5, 0.6) is 5.75 Å². The standard InChI is InChI=1S/C20H23BrN2O3/c1-2-3-6-13-22-20(25)17-7-4-5-8-18(17)26-14-19(24)23-16-11-9-15(21)10-12-16/h4-5,7-12H,2-3,6,13-14H2,1H3,(H,22,25)(H,23,24). The van der Waals surface area contributed by atoms with Crippen LogP contribution in [0.15, 0.2) is 53.0 Å².